The van der Waals surface area contributed by atoms with Crippen molar-refractivity contribution < 1.29 is 9.47 Å². The maximum Gasteiger partial charge on any atom is 0.180 e. The largest absolute Gasteiger partial charge is 0.493 e. The average Bonchev–Trinajstić information content (AvgIpc) is 2.89. The van der Waals surface area contributed by atoms with Crippen LogP contribution in [0.1, 0.15) is 17.4 Å². The first-order valence-corrected chi connectivity index (χ1v) is 7.48. The Labute approximate surface area is 127 Å². The van der Waals surface area contributed by atoms with Crippen LogP contribution in [-0.2, 0) is 13.0 Å². The first-order chi connectivity index (χ1) is 9.60. The normalized spacial score (nSPS) is 12.2. The van der Waals surface area contributed by atoms with Crippen LogP contribution >= 0.6 is 22.9 Å². The molecule has 0 fully saturated rings. The van der Waals surface area contributed by atoms with Gasteiger partial charge in [0.1, 0.15) is 6.61 Å². The lowest BCUT2D eigenvalue weighted by atomic mass is 10.1. The molecule has 6 heteroatoms. The number of rotatable bonds is 6. The maximum absolute atomic E-state index is 6.28. The highest BCUT2D eigenvalue weighted by molar-refractivity contribution is 7.09. The van der Waals surface area contributed by atoms with E-state index < -0.39 is 0 Å². The van der Waals surface area contributed by atoms with E-state index in [4.69, 9.17) is 26.8 Å². The van der Waals surface area contributed by atoms with Crippen molar-refractivity contribution in [2.75, 3.05) is 7.11 Å². The van der Waals surface area contributed by atoms with Crippen molar-refractivity contribution in [2.45, 2.75) is 26.0 Å². The van der Waals surface area contributed by atoms with Gasteiger partial charge in [-0.05, 0) is 31.0 Å². The zero-order chi connectivity index (χ0) is 14.5. The number of aromatic nitrogens is 1. The Bertz CT molecular complexity index is 559. The van der Waals surface area contributed by atoms with Crippen LogP contribution in [0.25, 0.3) is 0 Å². The molecule has 0 bridgehead atoms. The van der Waals surface area contributed by atoms with Crippen molar-refractivity contribution >= 4 is 22.9 Å². The summed E-state index contributed by atoms with van der Waals surface area (Å²) in [5.74, 6) is 1.17. The van der Waals surface area contributed by atoms with Crippen molar-refractivity contribution in [3.63, 3.8) is 0 Å². The van der Waals surface area contributed by atoms with E-state index in [2.05, 4.69) is 4.98 Å². The number of benzene rings is 1. The fourth-order valence-corrected chi connectivity index (χ4v) is 2.65. The van der Waals surface area contributed by atoms with Gasteiger partial charge in [0, 0.05) is 12.2 Å². The Morgan fingerprint density at radius 3 is 2.85 bits per heavy atom. The molecule has 2 N–H and O–H groups in total. The summed E-state index contributed by atoms with van der Waals surface area (Å²) in [6.07, 6.45) is 2.51. The molecule has 2 rings (SSSR count). The summed E-state index contributed by atoms with van der Waals surface area (Å²) >= 11 is 7.82. The highest BCUT2D eigenvalue weighted by Gasteiger charge is 2.13. The second-order valence-corrected chi connectivity index (χ2v) is 5.92. The van der Waals surface area contributed by atoms with E-state index >= 15 is 0 Å². The molecule has 20 heavy (non-hydrogen) atoms. The molecule has 2 aromatic rings. The van der Waals surface area contributed by atoms with Gasteiger partial charge in [-0.25, -0.2) is 0 Å². The average molecular weight is 313 g/mol. The van der Waals surface area contributed by atoms with E-state index in [0.29, 0.717) is 23.1 Å². The first-order valence-electron chi connectivity index (χ1n) is 6.22. The minimum atomic E-state index is 0.0692. The van der Waals surface area contributed by atoms with Crippen LogP contribution in [0.4, 0.5) is 0 Å². The third-order valence-corrected chi connectivity index (χ3v) is 3.72. The summed E-state index contributed by atoms with van der Waals surface area (Å²) in [5, 5.41) is 0.532. The van der Waals surface area contributed by atoms with Gasteiger partial charge >= 0.3 is 0 Å². The number of halogens is 1. The van der Waals surface area contributed by atoms with Crippen LogP contribution < -0.4 is 15.2 Å². The molecule has 0 aliphatic rings. The first kappa shape index (κ1) is 15.1. The lowest BCUT2D eigenvalue weighted by Crippen LogP contribution is -2.17. The molecule has 0 aliphatic heterocycles. The number of hydrogen-bond donors (Lipinski definition) is 1. The zero-order valence-electron chi connectivity index (χ0n) is 11.4. The predicted octanol–water partition coefficient (Wildman–Crippen LogP) is 3.27. The number of nitrogens with zero attached hydrogens (tertiary/aromatic N) is 1. The maximum atomic E-state index is 6.28. The van der Waals surface area contributed by atoms with E-state index in [0.717, 1.165) is 16.9 Å². The summed E-state index contributed by atoms with van der Waals surface area (Å²) < 4.78 is 11.1. The molecule has 0 saturated heterocycles. The fourth-order valence-electron chi connectivity index (χ4n) is 1.86. The Morgan fingerprint density at radius 2 is 2.25 bits per heavy atom. The minimum Gasteiger partial charge on any atom is -0.493 e. The molecule has 0 saturated carbocycles. The van der Waals surface area contributed by atoms with Gasteiger partial charge in [-0.15, -0.1) is 11.3 Å². The topological polar surface area (TPSA) is 57.4 Å². The summed E-state index contributed by atoms with van der Waals surface area (Å²) in [4.78, 5) is 5.04. The monoisotopic (exact) mass is 312 g/mol. The van der Waals surface area contributed by atoms with Crippen molar-refractivity contribution in [1.82, 2.24) is 4.98 Å². The fraction of sp³-hybridized carbons (Fsp3) is 0.357. The second-order valence-electron chi connectivity index (χ2n) is 4.55. The molecule has 0 radical (unpaired) electrons. The number of ether oxygens (including phenoxy) is 2. The highest BCUT2D eigenvalue weighted by Crippen LogP contribution is 2.37. The SMILES string of the molecule is COc1cc(CC(C)N)cc(Cl)c1OCc1cncs1. The number of hydrogen-bond acceptors (Lipinski definition) is 5. The van der Waals surface area contributed by atoms with E-state index in [9.17, 15) is 0 Å². The smallest absolute Gasteiger partial charge is 0.180 e. The lowest BCUT2D eigenvalue weighted by molar-refractivity contribution is 0.287. The third-order valence-electron chi connectivity index (χ3n) is 2.69. The molecule has 108 valence electrons. The van der Waals surface area contributed by atoms with Crippen LogP contribution in [0, 0.1) is 0 Å². The van der Waals surface area contributed by atoms with E-state index in [1.807, 2.05) is 19.1 Å². The summed E-state index contributed by atoms with van der Waals surface area (Å²) in [5.41, 5.74) is 8.61. The van der Waals surface area contributed by atoms with Crippen molar-refractivity contribution in [1.29, 1.82) is 0 Å². The Hall–Kier alpha value is -1.30. The van der Waals surface area contributed by atoms with Crippen LogP contribution in [0.3, 0.4) is 0 Å². The molecule has 0 amide bonds. The highest BCUT2D eigenvalue weighted by atomic mass is 35.5. The zero-order valence-corrected chi connectivity index (χ0v) is 13.0. The van der Waals surface area contributed by atoms with E-state index in [-0.39, 0.29) is 6.04 Å². The standard InChI is InChI=1S/C14H17ClN2O2S/c1-9(16)3-10-4-12(15)14(13(5-10)18-2)19-7-11-6-17-8-20-11/h4-6,8-9H,3,7,16H2,1-2H3. The molecule has 1 aromatic carbocycles. The minimum absolute atomic E-state index is 0.0692. The van der Waals surface area contributed by atoms with Crippen LogP contribution in [0.5, 0.6) is 11.5 Å². The van der Waals surface area contributed by atoms with Crippen LogP contribution in [0.2, 0.25) is 5.02 Å². The van der Waals surface area contributed by atoms with Gasteiger partial charge in [-0.2, -0.15) is 0 Å². The molecule has 1 unspecified atom stereocenters. The molecule has 1 heterocycles. The van der Waals surface area contributed by atoms with E-state index in [1.165, 1.54) is 11.3 Å². The Kier molecular flexibility index (Phi) is 5.23. The van der Waals surface area contributed by atoms with E-state index in [1.54, 1.807) is 18.8 Å². The summed E-state index contributed by atoms with van der Waals surface area (Å²) in [6, 6.07) is 3.85. The second kappa shape index (κ2) is 6.92. The predicted molar refractivity (Wildman–Crippen MR) is 81.8 cm³/mol. The molecule has 0 aliphatic carbocycles. The van der Waals surface area contributed by atoms with Gasteiger partial charge in [0.15, 0.2) is 11.5 Å². The van der Waals surface area contributed by atoms with Gasteiger partial charge in [0.05, 0.1) is 22.5 Å². The van der Waals surface area contributed by atoms with Crippen molar-refractivity contribution in [2.24, 2.45) is 5.73 Å². The van der Waals surface area contributed by atoms with Gasteiger partial charge in [-0.1, -0.05) is 11.6 Å². The Morgan fingerprint density at radius 1 is 1.45 bits per heavy atom. The van der Waals surface area contributed by atoms with Crippen LogP contribution in [0.15, 0.2) is 23.8 Å². The van der Waals surface area contributed by atoms with Gasteiger partial charge in [-0.3, -0.25) is 4.98 Å². The van der Waals surface area contributed by atoms with Gasteiger partial charge in [0.25, 0.3) is 0 Å². The number of nitrogens with two attached hydrogens (primary N) is 1. The van der Waals surface area contributed by atoms with Crippen molar-refractivity contribution in [3.8, 4) is 11.5 Å². The van der Waals surface area contributed by atoms with Gasteiger partial charge in [0.2, 0.25) is 0 Å². The quantitative estimate of drug-likeness (QED) is 0.889. The lowest BCUT2D eigenvalue weighted by Gasteiger charge is -2.14. The molecular weight excluding hydrogens is 296 g/mol. The summed E-state index contributed by atoms with van der Waals surface area (Å²) in [7, 11) is 1.60. The number of methoxy groups -OCH3 is 1. The molecule has 4 nitrogen and oxygen atoms in total. The molecule has 1 atom stereocenters. The number of thiazole rings is 1. The molecule has 1 aromatic heterocycles. The van der Waals surface area contributed by atoms with Gasteiger partial charge < -0.3 is 15.2 Å². The Balaban J connectivity index is 2.18. The van der Waals surface area contributed by atoms with Crippen LogP contribution in [-0.4, -0.2) is 18.1 Å². The third kappa shape index (κ3) is 3.85. The van der Waals surface area contributed by atoms with Crippen molar-refractivity contribution in [3.05, 3.63) is 39.3 Å². The molecular formula is C14H17ClN2O2S. The summed E-state index contributed by atoms with van der Waals surface area (Å²) in [6.45, 7) is 2.38. The molecule has 0 spiro atoms.